The van der Waals surface area contributed by atoms with Crippen molar-refractivity contribution in [3.8, 4) is 0 Å². The molecule has 0 radical (unpaired) electrons. The van der Waals surface area contributed by atoms with Crippen molar-refractivity contribution >= 4 is 0 Å². The second-order valence-corrected chi connectivity index (χ2v) is 5.96. The summed E-state index contributed by atoms with van der Waals surface area (Å²) >= 11 is 0. The Bertz CT molecular complexity index is 409. The van der Waals surface area contributed by atoms with Crippen molar-refractivity contribution in [2.75, 3.05) is 6.61 Å². The molecule has 19 heavy (non-hydrogen) atoms. The van der Waals surface area contributed by atoms with Crippen LogP contribution in [0.1, 0.15) is 62.5 Å². The Morgan fingerprint density at radius 2 is 2.21 bits per heavy atom. The Labute approximate surface area is 117 Å². The molecule has 2 rings (SSSR count). The summed E-state index contributed by atoms with van der Waals surface area (Å²) in [4.78, 5) is 0. The van der Waals surface area contributed by atoms with E-state index in [1.165, 1.54) is 36.2 Å². The molecule has 0 saturated carbocycles. The minimum absolute atomic E-state index is 0.257. The first-order chi connectivity index (χ1) is 9.09. The van der Waals surface area contributed by atoms with E-state index in [9.17, 15) is 0 Å². The summed E-state index contributed by atoms with van der Waals surface area (Å²) in [7, 11) is 0. The maximum atomic E-state index is 6.20. The molecular weight excluding hydrogens is 236 g/mol. The number of nitrogens with zero attached hydrogens (tertiary/aromatic N) is 1. The van der Waals surface area contributed by atoms with E-state index < -0.39 is 0 Å². The lowest BCUT2D eigenvalue weighted by atomic mass is 9.93. The van der Waals surface area contributed by atoms with E-state index >= 15 is 0 Å². The number of ether oxygens (including phenoxy) is 1. The van der Waals surface area contributed by atoms with Gasteiger partial charge in [0.15, 0.2) is 0 Å². The van der Waals surface area contributed by atoms with Gasteiger partial charge in [-0.25, -0.2) is 0 Å². The van der Waals surface area contributed by atoms with Gasteiger partial charge in [0.2, 0.25) is 0 Å². The molecule has 0 aromatic carbocycles. The minimum Gasteiger partial charge on any atom is -0.379 e. The van der Waals surface area contributed by atoms with Crippen LogP contribution in [0.3, 0.4) is 0 Å². The fourth-order valence-corrected chi connectivity index (χ4v) is 3.00. The van der Waals surface area contributed by atoms with Crippen LogP contribution >= 0.6 is 0 Å². The molecule has 1 unspecified atom stereocenters. The molecule has 0 bridgehead atoms. The van der Waals surface area contributed by atoms with Crippen LogP contribution < -0.4 is 5.73 Å². The van der Waals surface area contributed by atoms with E-state index in [1.807, 2.05) is 0 Å². The Morgan fingerprint density at radius 1 is 1.42 bits per heavy atom. The summed E-state index contributed by atoms with van der Waals surface area (Å²) in [6.45, 7) is 8.37. The first-order valence-electron chi connectivity index (χ1n) is 7.65. The molecule has 1 aliphatic carbocycles. The zero-order valence-corrected chi connectivity index (χ0v) is 12.6. The summed E-state index contributed by atoms with van der Waals surface area (Å²) in [5, 5.41) is 0. The highest BCUT2D eigenvalue weighted by Gasteiger charge is 2.21. The predicted octanol–water partition coefficient (Wildman–Crippen LogP) is 3.34. The van der Waals surface area contributed by atoms with Crippen LogP contribution in [0, 0.1) is 6.92 Å². The molecule has 0 aliphatic heterocycles. The van der Waals surface area contributed by atoms with Crippen molar-refractivity contribution in [3.63, 3.8) is 0 Å². The highest BCUT2D eigenvalue weighted by atomic mass is 16.5. The first-order valence-corrected chi connectivity index (χ1v) is 7.65. The van der Waals surface area contributed by atoms with Crippen molar-refractivity contribution in [1.82, 2.24) is 4.57 Å². The zero-order valence-electron chi connectivity index (χ0n) is 12.6. The number of hydrogen-bond acceptors (Lipinski definition) is 2. The second kappa shape index (κ2) is 6.58. The molecule has 108 valence electrons. The Balaban J connectivity index is 1.90. The Hall–Kier alpha value is -0.800. The topological polar surface area (TPSA) is 40.2 Å². The van der Waals surface area contributed by atoms with Gasteiger partial charge in [-0.15, -0.1) is 0 Å². The SMILES string of the molecule is Cc1cc2c(n1CCCCOC(C)C)CCCC2N. The van der Waals surface area contributed by atoms with Crippen molar-refractivity contribution < 1.29 is 4.74 Å². The minimum atomic E-state index is 0.257. The zero-order chi connectivity index (χ0) is 13.8. The lowest BCUT2D eigenvalue weighted by Crippen LogP contribution is -2.18. The van der Waals surface area contributed by atoms with Gasteiger partial charge in [0.1, 0.15) is 0 Å². The van der Waals surface area contributed by atoms with Crippen LogP contribution in [0.25, 0.3) is 0 Å². The molecule has 1 aromatic rings. The lowest BCUT2D eigenvalue weighted by molar-refractivity contribution is 0.0754. The smallest absolute Gasteiger partial charge is 0.0518 e. The van der Waals surface area contributed by atoms with Gasteiger partial charge in [-0.3, -0.25) is 0 Å². The average Bonchev–Trinajstić information content (AvgIpc) is 2.67. The van der Waals surface area contributed by atoms with Crippen molar-refractivity contribution in [2.24, 2.45) is 5.73 Å². The van der Waals surface area contributed by atoms with E-state index in [1.54, 1.807) is 0 Å². The highest BCUT2D eigenvalue weighted by molar-refractivity contribution is 5.32. The van der Waals surface area contributed by atoms with Gasteiger partial charge in [0.25, 0.3) is 0 Å². The van der Waals surface area contributed by atoms with Crippen LogP contribution in [-0.2, 0) is 17.7 Å². The Kier molecular flexibility index (Phi) is 5.06. The fraction of sp³-hybridized carbons (Fsp3) is 0.750. The molecule has 1 aromatic heterocycles. The lowest BCUT2D eigenvalue weighted by Gasteiger charge is -2.21. The summed E-state index contributed by atoms with van der Waals surface area (Å²) in [6, 6.07) is 2.55. The van der Waals surface area contributed by atoms with Gasteiger partial charge in [-0.1, -0.05) is 0 Å². The van der Waals surface area contributed by atoms with Gasteiger partial charge in [-0.2, -0.15) is 0 Å². The molecule has 0 spiro atoms. The quantitative estimate of drug-likeness (QED) is 0.801. The molecule has 3 nitrogen and oxygen atoms in total. The van der Waals surface area contributed by atoms with E-state index in [4.69, 9.17) is 10.5 Å². The predicted molar refractivity (Wildman–Crippen MR) is 79.4 cm³/mol. The van der Waals surface area contributed by atoms with E-state index in [0.717, 1.165) is 26.0 Å². The molecule has 2 N–H and O–H groups in total. The van der Waals surface area contributed by atoms with Crippen LogP contribution in [0.15, 0.2) is 6.07 Å². The van der Waals surface area contributed by atoms with E-state index in [-0.39, 0.29) is 6.04 Å². The maximum absolute atomic E-state index is 6.20. The number of aromatic nitrogens is 1. The van der Waals surface area contributed by atoms with E-state index in [0.29, 0.717) is 6.10 Å². The van der Waals surface area contributed by atoms with Crippen molar-refractivity contribution in [1.29, 1.82) is 0 Å². The first kappa shape index (κ1) is 14.6. The summed E-state index contributed by atoms with van der Waals surface area (Å²) in [5.74, 6) is 0. The van der Waals surface area contributed by atoms with Gasteiger partial charge in [0, 0.05) is 30.6 Å². The number of unbranched alkanes of at least 4 members (excludes halogenated alkanes) is 1. The van der Waals surface area contributed by atoms with Gasteiger partial charge < -0.3 is 15.0 Å². The number of nitrogens with two attached hydrogens (primary N) is 1. The largest absolute Gasteiger partial charge is 0.379 e. The Morgan fingerprint density at radius 3 is 2.95 bits per heavy atom. The molecular formula is C16H28N2O. The maximum Gasteiger partial charge on any atom is 0.0518 e. The third-order valence-electron chi connectivity index (χ3n) is 4.00. The second-order valence-electron chi connectivity index (χ2n) is 5.96. The average molecular weight is 264 g/mol. The summed E-state index contributed by atoms with van der Waals surface area (Å²) in [5.41, 5.74) is 10.5. The van der Waals surface area contributed by atoms with Crippen LogP contribution in [-0.4, -0.2) is 17.3 Å². The fourth-order valence-electron chi connectivity index (χ4n) is 3.00. The molecule has 1 heterocycles. The van der Waals surface area contributed by atoms with Gasteiger partial charge in [-0.05, 0) is 64.5 Å². The van der Waals surface area contributed by atoms with Crippen molar-refractivity contribution in [2.45, 2.75) is 71.6 Å². The third kappa shape index (κ3) is 3.61. The standard InChI is InChI=1S/C16H28N2O/c1-12(2)19-10-5-4-9-18-13(3)11-14-15(17)7-6-8-16(14)18/h11-12,15H,4-10,17H2,1-3H3. The molecule has 0 amide bonds. The highest BCUT2D eigenvalue weighted by Crippen LogP contribution is 2.30. The normalized spacial score (nSPS) is 18.9. The number of rotatable bonds is 6. The van der Waals surface area contributed by atoms with Crippen LogP contribution in [0.2, 0.25) is 0 Å². The molecule has 0 saturated heterocycles. The molecule has 0 fully saturated rings. The molecule has 3 heteroatoms. The number of aryl methyl sites for hydroxylation is 1. The molecule has 1 aliphatic rings. The number of hydrogen-bond donors (Lipinski definition) is 1. The van der Waals surface area contributed by atoms with E-state index in [2.05, 4.69) is 31.4 Å². The molecule has 1 atom stereocenters. The third-order valence-corrected chi connectivity index (χ3v) is 4.00. The van der Waals surface area contributed by atoms with Crippen LogP contribution in [0.4, 0.5) is 0 Å². The summed E-state index contributed by atoms with van der Waals surface area (Å²) in [6.07, 6.45) is 6.23. The monoisotopic (exact) mass is 264 g/mol. The van der Waals surface area contributed by atoms with Gasteiger partial charge >= 0.3 is 0 Å². The summed E-state index contributed by atoms with van der Waals surface area (Å²) < 4.78 is 8.07. The van der Waals surface area contributed by atoms with Crippen LogP contribution in [0.5, 0.6) is 0 Å². The number of fused-ring (bicyclic) bond motifs is 1. The van der Waals surface area contributed by atoms with Gasteiger partial charge in [0.05, 0.1) is 6.10 Å². The van der Waals surface area contributed by atoms with Crippen molar-refractivity contribution in [3.05, 3.63) is 23.0 Å².